The molecule has 0 heterocycles. The second kappa shape index (κ2) is 2.43. The summed E-state index contributed by atoms with van der Waals surface area (Å²) in [6.45, 7) is -1.59. The summed E-state index contributed by atoms with van der Waals surface area (Å²) < 4.78 is 11.4. The van der Waals surface area contributed by atoms with E-state index in [1.165, 1.54) is 0 Å². The molecule has 0 fully saturated rings. The monoisotopic (exact) mass is 74.0 g/mol. The van der Waals surface area contributed by atoms with Crippen molar-refractivity contribution in [1.82, 2.24) is 0 Å². The van der Waals surface area contributed by atoms with Crippen LogP contribution < -0.4 is 0 Å². The van der Waals surface area contributed by atoms with Gasteiger partial charge in [-0.1, -0.05) is 0 Å². The summed E-state index contributed by atoms with van der Waals surface area (Å²) in [6, 6.07) is 0. The van der Waals surface area contributed by atoms with E-state index in [1.54, 1.807) is 0 Å². The van der Waals surface area contributed by atoms with Crippen LogP contribution in [0.5, 0.6) is 0 Å². The van der Waals surface area contributed by atoms with Crippen LogP contribution in [-0.2, 0) is 0 Å². The smallest absolute Gasteiger partial charge is 0.0173 e. The molecule has 6 heteroatoms. The lowest BCUT2D eigenvalue weighted by Crippen LogP contribution is -2.33. The summed E-state index contributed by atoms with van der Waals surface area (Å²) in [5.41, 5.74) is 0. The lowest BCUT2D eigenvalue weighted by atomic mass is 8.94. The first kappa shape index (κ1) is 6.25. The third-order valence-electron chi connectivity index (χ3n) is 0.368. The van der Waals surface area contributed by atoms with Gasteiger partial charge < -0.3 is 19.8 Å². The van der Waals surface area contributed by atoms with Crippen LogP contribution in [0.2, 0.25) is 0 Å². The summed E-state index contributed by atoms with van der Waals surface area (Å²) in [4.78, 5) is 0. The Bertz CT molecular complexity index is 24.9. The zero-order chi connectivity index (χ0) is 5.15. The van der Waals surface area contributed by atoms with Gasteiger partial charge in [0.05, 0.1) is 0 Å². The lowest BCUT2D eigenvalue weighted by molar-refractivity contribution is 0.883. The van der Waals surface area contributed by atoms with Gasteiger partial charge in [0, 0.05) is 0 Å². The van der Waals surface area contributed by atoms with Gasteiger partial charge in [-0.15, -0.1) is 0 Å². The van der Waals surface area contributed by atoms with Crippen LogP contribution in [0.1, 0.15) is 0 Å². The number of halogens is 1. The van der Waals surface area contributed by atoms with Crippen LogP contribution in [0, 0.1) is 0 Å². The van der Waals surface area contributed by atoms with Crippen LogP contribution in [0.15, 0.2) is 0 Å². The van der Waals surface area contributed by atoms with Gasteiger partial charge in [0.15, 0.2) is 0 Å². The molecule has 8 radical (unpaired) electrons. The zero-order valence-corrected chi connectivity index (χ0v) is 3.26. The fraction of sp³-hybridized carbons (Fsp3) is 0. The Morgan fingerprint density at radius 2 is 1.67 bits per heavy atom. The Labute approximate surface area is 41.6 Å². The van der Waals surface area contributed by atoms with Gasteiger partial charge in [-0.05, 0) is 14.5 Å². The maximum atomic E-state index is 11.4. The highest BCUT2D eigenvalue weighted by molar-refractivity contribution is 7.64. The van der Waals surface area contributed by atoms with E-state index in [-0.39, 0.29) is 0 Å². The van der Waals surface area contributed by atoms with Crippen molar-refractivity contribution in [3.05, 3.63) is 0 Å². The topological polar surface area (TPSA) is 0 Å². The van der Waals surface area contributed by atoms with Gasteiger partial charge in [0.1, 0.15) is 0 Å². The summed E-state index contributed by atoms with van der Waals surface area (Å²) in [5.74, 6) is 0. The molecule has 0 aliphatic carbocycles. The minimum Gasteiger partial charge on any atom is -0.686 e. The molecule has 0 aliphatic heterocycles. The molecule has 0 unspecified atom stereocenters. The van der Waals surface area contributed by atoms with Gasteiger partial charge in [-0.2, -0.15) is 0 Å². The van der Waals surface area contributed by atoms with E-state index < -0.39 is 13.2 Å². The SMILES string of the molecule is [B]B([B-])B([B-])F. The van der Waals surface area contributed by atoms with Gasteiger partial charge in [-0.25, -0.2) is 6.39 Å². The fourth-order valence-electron chi connectivity index (χ4n) is 0. The predicted molar refractivity (Wildman–Crippen MR) is 29.9 cm³/mol. The van der Waals surface area contributed by atoms with E-state index in [2.05, 4.69) is 7.74 Å². The molecule has 0 nitrogen and oxygen atoms in total. The molecule has 6 heavy (non-hydrogen) atoms. The van der Waals surface area contributed by atoms with E-state index in [0.29, 0.717) is 0 Å². The Morgan fingerprint density at radius 3 is 1.67 bits per heavy atom. The lowest BCUT2D eigenvalue weighted by Gasteiger charge is -2.25. The third-order valence-corrected chi connectivity index (χ3v) is 0.368. The minimum atomic E-state index is -1.59. The van der Waals surface area contributed by atoms with E-state index in [1.807, 2.05) is 0 Å². The van der Waals surface area contributed by atoms with Gasteiger partial charge >= 0.3 is 0 Å². The second-order valence-electron chi connectivity index (χ2n) is 1.02. The van der Waals surface area contributed by atoms with Crippen molar-refractivity contribution in [3.63, 3.8) is 0 Å². The van der Waals surface area contributed by atoms with E-state index in [4.69, 9.17) is 15.5 Å². The first-order valence-electron chi connectivity index (χ1n) is 1.55. The molecule has 0 rings (SSSR count). The molecular formula is B5F-2. The molecule has 24 valence electrons. The van der Waals surface area contributed by atoms with Gasteiger partial charge in [0.25, 0.3) is 0 Å². The van der Waals surface area contributed by atoms with Crippen molar-refractivity contribution in [3.8, 4) is 0 Å². The standard InChI is InChI=1S/B5F/c1-4(2)5(3)6/q-2. The molecule has 0 N–H and O–H groups in total. The van der Waals surface area contributed by atoms with E-state index in [0.717, 1.165) is 0 Å². The van der Waals surface area contributed by atoms with Crippen molar-refractivity contribution in [2.45, 2.75) is 0 Å². The van der Waals surface area contributed by atoms with Crippen LogP contribution >= 0.6 is 0 Å². The van der Waals surface area contributed by atoms with Gasteiger partial charge in [-0.3, -0.25) is 0 Å². The normalized spacial score (nSPS) is 7.83. The second-order valence-corrected chi connectivity index (χ2v) is 1.02. The average Bonchev–Trinajstić information content (AvgIpc) is 1.36. The zero-order valence-electron chi connectivity index (χ0n) is 3.26. The van der Waals surface area contributed by atoms with Crippen molar-refractivity contribution in [1.29, 1.82) is 0 Å². The highest BCUT2D eigenvalue weighted by Gasteiger charge is 1.80. The Balaban J connectivity index is 2.99. The maximum absolute atomic E-state index is 11.4. The summed E-state index contributed by atoms with van der Waals surface area (Å²) in [7, 11) is 13.9. The summed E-state index contributed by atoms with van der Waals surface area (Å²) in [5, 5.41) is 0. The van der Waals surface area contributed by atoms with E-state index >= 15 is 0 Å². The van der Waals surface area contributed by atoms with Crippen molar-refractivity contribution < 1.29 is 4.32 Å². The van der Waals surface area contributed by atoms with Crippen molar-refractivity contribution in [2.75, 3.05) is 0 Å². The van der Waals surface area contributed by atoms with Crippen LogP contribution in [-0.4, -0.2) is 36.4 Å². The molecule has 0 saturated carbocycles. The molecule has 0 saturated heterocycles. The van der Waals surface area contributed by atoms with Gasteiger partial charge in [0.2, 0.25) is 0 Å². The summed E-state index contributed by atoms with van der Waals surface area (Å²) >= 11 is 0. The van der Waals surface area contributed by atoms with Crippen LogP contribution in [0.3, 0.4) is 0 Å². The van der Waals surface area contributed by atoms with Crippen molar-refractivity contribution in [2.24, 2.45) is 0 Å². The Morgan fingerprint density at radius 1 is 1.50 bits per heavy atom. The number of hydrogen-bond acceptors (Lipinski definition) is 0. The minimum absolute atomic E-state index is 1.04. The molecule has 0 aromatic heterocycles. The molecule has 0 spiro atoms. The molecule has 0 aromatic carbocycles. The highest BCUT2D eigenvalue weighted by atomic mass is 19.1. The maximum Gasteiger partial charge on any atom is -0.0173 e. The first-order valence-corrected chi connectivity index (χ1v) is 1.55. The Kier molecular flexibility index (Phi) is 2.53. The molecule has 0 aliphatic rings. The van der Waals surface area contributed by atoms with E-state index in [9.17, 15) is 4.32 Å². The van der Waals surface area contributed by atoms with Crippen LogP contribution in [0.4, 0.5) is 4.32 Å². The average molecular weight is 73.1 g/mol. The largest absolute Gasteiger partial charge is 0.686 e. The van der Waals surface area contributed by atoms with Crippen LogP contribution in [0.25, 0.3) is 0 Å². The first-order chi connectivity index (χ1) is 2.64. The Hall–Kier alpha value is 0.255. The number of rotatable bonds is 1. The third kappa shape index (κ3) is 2.49. The quantitative estimate of drug-likeness (QED) is 0.332. The molecule has 0 amide bonds. The predicted octanol–water partition coefficient (Wildman–Crippen LogP) is -1.48. The molecular weight excluding hydrogens is 73.1 g/mol. The molecule has 0 aromatic rings. The highest BCUT2D eigenvalue weighted by Crippen LogP contribution is 1.73. The van der Waals surface area contributed by atoms with Crippen molar-refractivity contribution >= 4 is 36.4 Å². The molecule has 0 bridgehead atoms. The molecule has 0 atom stereocenters. The summed E-state index contributed by atoms with van der Waals surface area (Å²) in [6.07, 6.45) is -1.04. The fourth-order valence-corrected chi connectivity index (χ4v) is 0. The number of hydrogen-bond donors (Lipinski definition) is 0.